The molecule has 0 saturated heterocycles. The third-order valence-corrected chi connectivity index (χ3v) is 31.6. The zero-order chi connectivity index (χ0) is 94.8. The number of anilines is 3. The summed E-state index contributed by atoms with van der Waals surface area (Å²) in [5.41, 5.74) is 41.6. The van der Waals surface area contributed by atoms with Crippen LogP contribution in [0.25, 0.3) is 258 Å². The Bertz CT molecular complexity index is 10700. The molecule has 1 spiro atoms. The number of aromatic nitrogens is 6. The Hall–Kier alpha value is -19.2. The van der Waals surface area contributed by atoms with Gasteiger partial charge in [0.25, 0.3) is 0 Å². The molecular weight excluding hydrogens is 1760 g/mol. The summed E-state index contributed by atoms with van der Waals surface area (Å²) < 4.78 is 7.08. The third kappa shape index (κ3) is 11.9. The van der Waals surface area contributed by atoms with Gasteiger partial charge >= 0.3 is 0 Å². The molecule has 3 aliphatic rings. The first-order valence-electron chi connectivity index (χ1n) is 50.0. The van der Waals surface area contributed by atoms with E-state index in [0.717, 1.165) is 72.6 Å². The second kappa shape index (κ2) is 31.4. The van der Waals surface area contributed by atoms with Crippen molar-refractivity contribution >= 4 is 186 Å². The summed E-state index contributed by atoms with van der Waals surface area (Å²) in [6.07, 6.45) is 0. The number of hydrogen-bond donors (Lipinski definition) is 0. The lowest BCUT2D eigenvalue weighted by Gasteiger charge is -2.30. The fourth-order valence-electron chi connectivity index (χ4n) is 25.3. The average molecular weight is 1840 g/mol. The summed E-state index contributed by atoms with van der Waals surface area (Å²) >= 11 is 0. The monoisotopic (exact) mass is 1840 g/mol. The number of imidazole rings is 3. The molecule has 0 saturated carbocycles. The molecule has 0 radical (unpaired) electrons. The van der Waals surface area contributed by atoms with E-state index in [1.165, 1.54) is 225 Å². The van der Waals surface area contributed by atoms with Crippen LogP contribution in [0.5, 0.6) is 0 Å². The Morgan fingerprint density at radius 3 is 0.993 bits per heavy atom. The average Bonchev–Trinajstić information content (AvgIpc) is 1.50. The molecule has 0 bridgehead atoms. The second-order valence-corrected chi connectivity index (χ2v) is 39.0. The number of benzene rings is 24. The van der Waals surface area contributed by atoms with E-state index in [1.807, 2.05) is 0 Å². The van der Waals surface area contributed by atoms with Gasteiger partial charge in [-0.15, -0.1) is 0 Å². The van der Waals surface area contributed by atoms with E-state index in [9.17, 15) is 0 Å². The zero-order valence-electron chi connectivity index (χ0n) is 78.6. The number of rotatable bonds is 7. The van der Waals surface area contributed by atoms with Gasteiger partial charge in [-0.25, -0.2) is 15.0 Å². The third-order valence-electron chi connectivity index (χ3n) is 31.6. The number of fused-ring (bicyclic) bond motifs is 44. The molecule has 24 aromatic carbocycles. The highest BCUT2D eigenvalue weighted by Gasteiger charge is 2.52. The molecule has 6 aromatic heterocycles. The van der Waals surface area contributed by atoms with E-state index >= 15 is 0 Å². The first-order chi connectivity index (χ1) is 71.9. The number of pyridine rings is 3. The molecule has 145 heavy (non-hydrogen) atoms. The quantitative estimate of drug-likeness (QED) is 0.149. The predicted octanol–water partition coefficient (Wildman–Crippen LogP) is 36.3. The molecule has 3 aliphatic carbocycles. The maximum absolute atomic E-state index is 5.23. The van der Waals surface area contributed by atoms with Crippen LogP contribution in [0.15, 0.2) is 504 Å². The smallest absolute Gasteiger partial charge is 0.146 e. The Morgan fingerprint density at radius 2 is 0.490 bits per heavy atom. The van der Waals surface area contributed by atoms with Crippen LogP contribution >= 0.6 is 0 Å². The van der Waals surface area contributed by atoms with Gasteiger partial charge in [0.2, 0.25) is 0 Å². The van der Waals surface area contributed by atoms with E-state index in [-0.39, 0.29) is 5.41 Å². The van der Waals surface area contributed by atoms with Crippen LogP contribution in [0.3, 0.4) is 0 Å². The lowest BCUT2D eigenvalue weighted by Crippen LogP contribution is -2.25. The Labute approximate surface area is 833 Å². The van der Waals surface area contributed by atoms with Gasteiger partial charge in [0.15, 0.2) is 0 Å². The van der Waals surface area contributed by atoms with Crippen molar-refractivity contribution in [3.63, 3.8) is 0 Å². The van der Waals surface area contributed by atoms with Crippen molar-refractivity contribution in [3.05, 3.63) is 526 Å². The Kier molecular flexibility index (Phi) is 17.5. The molecule has 6 heterocycles. The summed E-state index contributed by atoms with van der Waals surface area (Å²) in [5.74, 6) is 0. The minimum Gasteiger partial charge on any atom is -0.310 e. The SMILES string of the molecule is c1cc(-c2ccc3c4c5ccccc5ccc4c4nc5ccccc5n4c3c2)cc(-c2ccc3c4c(cccc24)-c2ccccc2-3)c1.c1ccc(N(c2ccc(-c3ccc4c5c6ccccc6ccc5c5nc6ccccc6n5c4c3)cc2)c2cccc3ccccc23)cc1.c1ccc2c(c1)-c1ccccc1C21c2ccccc2-c2ccc(-c3ccc4c5c6ccccc6ccc5c5nc6ccccc6n5c4c3)cc21. The van der Waals surface area contributed by atoms with E-state index in [4.69, 9.17) is 15.0 Å². The van der Waals surface area contributed by atoms with Gasteiger partial charge in [-0.1, -0.05) is 388 Å². The van der Waals surface area contributed by atoms with Gasteiger partial charge in [-0.05, 0) is 275 Å². The molecule has 0 amide bonds. The van der Waals surface area contributed by atoms with Crippen LogP contribution in [0.1, 0.15) is 22.3 Å². The molecule has 33 rings (SSSR count). The molecule has 670 valence electrons. The molecular formula is C138H83N7. The van der Waals surface area contributed by atoms with Crippen LogP contribution in [0, 0.1) is 0 Å². The Morgan fingerprint density at radius 1 is 0.166 bits per heavy atom. The molecule has 0 aliphatic heterocycles. The summed E-state index contributed by atoms with van der Waals surface area (Å²) in [6, 6.07) is 184. The van der Waals surface area contributed by atoms with Crippen molar-refractivity contribution < 1.29 is 0 Å². The summed E-state index contributed by atoms with van der Waals surface area (Å²) in [6.45, 7) is 0. The summed E-state index contributed by atoms with van der Waals surface area (Å²) in [5, 5.41) is 23.6. The molecule has 0 unspecified atom stereocenters. The predicted molar refractivity (Wildman–Crippen MR) is 608 cm³/mol. The van der Waals surface area contributed by atoms with Crippen molar-refractivity contribution in [2.45, 2.75) is 5.41 Å². The molecule has 7 heteroatoms. The van der Waals surface area contributed by atoms with Gasteiger partial charge in [-0.3, -0.25) is 13.2 Å². The first kappa shape index (κ1) is 80.7. The lowest BCUT2D eigenvalue weighted by molar-refractivity contribution is 0.794. The lowest BCUT2D eigenvalue weighted by atomic mass is 9.70. The molecule has 0 fully saturated rings. The van der Waals surface area contributed by atoms with Crippen molar-refractivity contribution in [1.29, 1.82) is 0 Å². The number of hydrogen-bond acceptors (Lipinski definition) is 4. The number of para-hydroxylation sites is 7. The maximum atomic E-state index is 5.23. The molecule has 0 atom stereocenters. The zero-order valence-corrected chi connectivity index (χ0v) is 78.6. The van der Waals surface area contributed by atoms with Crippen LogP contribution in [0.4, 0.5) is 17.1 Å². The van der Waals surface area contributed by atoms with E-state index < -0.39 is 0 Å². The van der Waals surface area contributed by atoms with Crippen molar-refractivity contribution in [2.75, 3.05) is 4.90 Å². The van der Waals surface area contributed by atoms with Crippen LogP contribution < -0.4 is 4.90 Å². The van der Waals surface area contributed by atoms with Gasteiger partial charge in [0.05, 0.1) is 60.8 Å². The standard InChI is InChI=1S/C48H28N2.C45H29N3.C45H26N2/c1-2-12-32-29(11-1)21-26-38-46(32)37-25-23-31(28-45(37)50-44-20-10-9-19-43(44)49-47(38)50)30-22-24-36-35-15-5-8-18-41(35)48(42(36)27-30)39-16-6-3-13-33(39)34-14-4-7-17-40(34)48;1-2-14-34(15-3-1)47(41-20-10-13-31-11-4-6-16-36(31)41)35-25-21-30(22-26-35)33-24-27-38-43(29-33)48-42-19-9-8-18-40(42)46-45(48)39-28-23-32-12-5-7-17-37(32)44(38)39;1-2-12-32-27(9-1)19-22-39-43(32)38-21-20-29(26-42(38)47-41-18-6-5-17-40(41)46-45(39)47)28-10-7-11-30(25-28)31-23-24-37-34-14-4-3-13-33(34)36-16-8-15-35(31)44(36)37/h1-28H;1-29H;1-26H. The number of nitrogens with zero attached hydrogens (tertiary/aromatic N) is 7. The van der Waals surface area contributed by atoms with E-state index in [1.54, 1.807) is 0 Å². The van der Waals surface area contributed by atoms with E-state index in [2.05, 4.69) is 522 Å². The minimum atomic E-state index is -0.366. The summed E-state index contributed by atoms with van der Waals surface area (Å²) in [4.78, 5) is 17.9. The van der Waals surface area contributed by atoms with Crippen LogP contribution in [0.2, 0.25) is 0 Å². The fraction of sp³-hybridized carbons (Fsp3) is 0.00725. The van der Waals surface area contributed by atoms with Crippen molar-refractivity contribution in [3.8, 4) is 89.0 Å². The van der Waals surface area contributed by atoms with Gasteiger partial charge in [0.1, 0.15) is 16.9 Å². The molecule has 0 N–H and O–H groups in total. The van der Waals surface area contributed by atoms with Gasteiger partial charge < -0.3 is 4.90 Å². The molecule has 30 aromatic rings. The van der Waals surface area contributed by atoms with Crippen molar-refractivity contribution in [2.24, 2.45) is 0 Å². The second-order valence-electron chi connectivity index (χ2n) is 39.0. The largest absolute Gasteiger partial charge is 0.310 e. The topological polar surface area (TPSA) is 55.1 Å². The summed E-state index contributed by atoms with van der Waals surface area (Å²) in [7, 11) is 0. The van der Waals surface area contributed by atoms with E-state index in [0.29, 0.717) is 0 Å². The Balaban J connectivity index is 0.0000000991. The first-order valence-corrected chi connectivity index (χ1v) is 50.0. The normalized spacial score (nSPS) is 12.6. The van der Waals surface area contributed by atoms with Crippen LogP contribution in [-0.2, 0) is 5.41 Å². The highest BCUT2D eigenvalue weighted by atomic mass is 15.1. The van der Waals surface area contributed by atoms with Crippen LogP contribution in [-0.4, -0.2) is 28.2 Å². The van der Waals surface area contributed by atoms with Crippen molar-refractivity contribution in [1.82, 2.24) is 28.2 Å². The molecule has 7 nitrogen and oxygen atoms in total. The minimum absolute atomic E-state index is 0.366. The highest BCUT2D eigenvalue weighted by Crippen LogP contribution is 2.64. The van der Waals surface area contributed by atoms with Gasteiger partial charge in [0, 0.05) is 65.2 Å². The fourth-order valence-corrected chi connectivity index (χ4v) is 25.3. The van der Waals surface area contributed by atoms with Gasteiger partial charge in [-0.2, -0.15) is 0 Å². The highest BCUT2D eigenvalue weighted by molar-refractivity contribution is 6.28. The maximum Gasteiger partial charge on any atom is 0.146 e.